The third-order valence-electron chi connectivity index (χ3n) is 5.62. The first kappa shape index (κ1) is 23.6. The van der Waals surface area contributed by atoms with E-state index in [1.807, 2.05) is 62.4 Å². The second-order valence-corrected chi connectivity index (χ2v) is 8.80. The van der Waals surface area contributed by atoms with Crippen LogP contribution in [0.2, 0.25) is 0 Å². The van der Waals surface area contributed by atoms with Crippen LogP contribution < -0.4 is 25.0 Å². The maximum atomic E-state index is 5.54. The Morgan fingerprint density at radius 1 is 0.735 bits per heavy atom. The van der Waals surface area contributed by atoms with Crippen molar-refractivity contribution in [1.29, 1.82) is 0 Å². The molecule has 0 spiro atoms. The Morgan fingerprint density at radius 3 is 1.59 bits per heavy atom. The Morgan fingerprint density at radius 2 is 1.18 bits per heavy atom. The molecule has 0 bridgehead atoms. The fraction of sp³-hybridized carbons (Fsp3) is 0.423. The van der Waals surface area contributed by atoms with E-state index in [4.69, 9.17) is 19.4 Å². The summed E-state index contributed by atoms with van der Waals surface area (Å²) in [5.74, 6) is 4.50. The topological polar surface area (TPSA) is 84.4 Å². The van der Waals surface area contributed by atoms with Crippen molar-refractivity contribution >= 4 is 29.2 Å². The van der Waals surface area contributed by atoms with E-state index in [9.17, 15) is 0 Å². The molecular weight excluding hydrogens is 428 g/mol. The number of nitrogens with one attached hydrogen (secondary N) is 2. The smallest absolute Gasteiger partial charge is 0.233 e. The highest BCUT2D eigenvalue weighted by Gasteiger charge is 2.24. The zero-order valence-electron chi connectivity index (χ0n) is 20.4. The van der Waals surface area contributed by atoms with Gasteiger partial charge in [0.2, 0.25) is 17.8 Å². The second-order valence-electron chi connectivity index (χ2n) is 8.80. The summed E-state index contributed by atoms with van der Waals surface area (Å²) >= 11 is 0. The summed E-state index contributed by atoms with van der Waals surface area (Å²) in [6, 6.07) is 15.6. The molecule has 2 heterocycles. The first-order valence-corrected chi connectivity index (χ1v) is 12.0. The van der Waals surface area contributed by atoms with Gasteiger partial charge in [-0.05, 0) is 80.6 Å². The van der Waals surface area contributed by atoms with Crippen molar-refractivity contribution in [1.82, 2.24) is 15.0 Å². The third kappa shape index (κ3) is 6.27. The van der Waals surface area contributed by atoms with E-state index in [2.05, 4.69) is 34.4 Å². The van der Waals surface area contributed by atoms with E-state index in [0.29, 0.717) is 42.9 Å². The van der Waals surface area contributed by atoms with Crippen molar-refractivity contribution in [3.63, 3.8) is 0 Å². The lowest BCUT2D eigenvalue weighted by atomic mass is 9.92. The third-order valence-corrected chi connectivity index (χ3v) is 5.62. The van der Waals surface area contributed by atoms with E-state index in [1.165, 1.54) is 6.42 Å². The number of rotatable bonds is 9. The van der Waals surface area contributed by atoms with E-state index in [1.54, 1.807) is 0 Å². The summed E-state index contributed by atoms with van der Waals surface area (Å²) in [7, 11) is 0. The average Bonchev–Trinajstić information content (AvgIpc) is 2.81. The number of nitrogens with zero attached hydrogens (tertiary/aromatic N) is 4. The lowest BCUT2D eigenvalue weighted by molar-refractivity contribution is 0.340. The molecule has 4 rings (SSSR count). The maximum Gasteiger partial charge on any atom is 0.233 e. The van der Waals surface area contributed by atoms with Crippen LogP contribution in [0.25, 0.3) is 0 Å². The van der Waals surface area contributed by atoms with Crippen LogP contribution in [-0.4, -0.2) is 41.3 Å². The van der Waals surface area contributed by atoms with E-state index in [0.717, 1.165) is 36.0 Å². The van der Waals surface area contributed by atoms with Crippen molar-refractivity contribution in [3.8, 4) is 11.5 Å². The van der Waals surface area contributed by atoms with E-state index in [-0.39, 0.29) is 0 Å². The van der Waals surface area contributed by atoms with Crippen molar-refractivity contribution < 1.29 is 9.47 Å². The fourth-order valence-electron chi connectivity index (χ4n) is 4.30. The van der Waals surface area contributed by atoms with Gasteiger partial charge in [0.15, 0.2) is 0 Å². The van der Waals surface area contributed by atoms with Crippen molar-refractivity contribution in [2.24, 2.45) is 11.8 Å². The summed E-state index contributed by atoms with van der Waals surface area (Å²) in [5, 5.41) is 6.65. The summed E-state index contributed by atoms with van der Waals surface area (Å²) in [6.07, 6.45) is 1.22. The highest BCUT2D eigenvalue weighted by Crippen LogP contribution is 2.27. The molecule has 8 nitrogen and oxygen atoms in total. The summed E-state index contributed by atoms with van der Waals surface area (Å²) in [6.45, 7) is 11.6. The molecule has 2 N–H and O–H groups in total. The van der Waals surface area contributed by atoms with Gasteiger partial charge in [-0.1, -0.05) is 13.8 Å². The van der Waals surface area contributed by atoms with Crippen LogP contribution in [0.3, 0.4) is 0 Å². The molecule has 1 aliphatic rings. The number of piperidine rings is 1. The monoisotopic (exact) mass is 462 g/mol. The minimum atomic E-state index is 0.494. The van der Waals surface area contributed by atoms with Crippen LogP contribution in [0.1, 0.15) is 34.1 Å². The lowest BCUT2D eigenvalue weighted by Gasteiger charge is -2.35. The molecule has 34 heavy (non-hydrogen) atoms. The van der Waals surface area contributed by atoms with Gasteiger partial charge in [-0.3, -0.25) is 0 Å². The Labute approximate surface area is 201 Å². The summed E-state index contributed by atoms with van der Waals surface area (Å²) in [4.78, 5) is 16.4. The molecule has 180 valence electrons. The van der Waals surface area contributed by atoms with Gasteiger partial charge in [0.25, 0.3) is 0 Å². The molecule has 0 saturated carbocycles. The van der Waals surface area contributed by atoms with Crippen LogP contribution in [0.4, 0.5) is 29.2 Å². The van der Waals surface area contributed by atoms with Crippen molar-refractivity contribution in [3.05, 3.63) is 48.5 Å². The fourth-order valence-corrected chi connectivity index (χ4v) is 4.30. The number of benzene rings is 2. The molecule has 0 unspecified atom stereocenters. The standard InChI is InChI=1S/C26H34N6O2/c1-5-33-22-11-7-20(8-12-22)27-24-29-25(28-21-9-13-23(14-10-21)34-6-2)31-26(30-24)32-16-18(3)15-19(4)17-32/h7-14,18-19H,5-6,15-17H2,1-4H3,(H2,27,28,29,30,31)/t18-,19-/m0/s1. The molecule has 0 amide bonds. The van der Waals surface area contributed by atoms with E-state index >= 15 is 0 Å². The molecule has 2 atom stereocenters. The van der Waals surface area contributed by atoms with Gasteiger partial charge in [0, 0.05) is 24.5 Å². The number of anilines is 5. The molecular formula is C26H34N6O2. The zero-order valence-corrected chi connectivity index (χ0v) is 20.4. The van der Waals surface area contributed by atoms with Gasteiger partial charge >= 0.3 is 0 Å². The van der Waals surface area contributed by atoms with Gasteiger partial charge in [-0.15, -0.1) is 0 Å². The van der Waals surface area contributed by atoms with E-state index < -0.39 is 0 Å². The first-order valence-electron chi connectivity index (χ1n) is 12.0. The molecule has 1 saturated heterocycles. The van der Waals surface area contributed by atoms with Crippen molar-refractivity contribution in [2.45, 2.75) is 34.1 Å². The summed E-state index contributed by atoms with van der Waals surface area (Å²) < 4.78 is 11.1. The largest absolute Gasteiger partial charge is 0.494 e. The number of hydrogen-bond acceptors (Lipinski definition) is 8. The van der Waals surface area contributed by atoms with Gasteiger partial charge in [0.1, 0.15) is 11.5 Å². The minimum Gasteiger partial charge on any atom is -0.494 e. The highest BCUT2D eigenvalue weighted by atomic mass is 16.5. The molecule has 3 aromatic rings. The number of aromatic nitrogens is 3. The van der Waals surface area contributed by atoms with Gasteiger partial charge in [-0.2, -0.15) is 15.0 Å². The molecule has 1 fully saturated rings. The summed E-state index contributed by atoms with van der Waals surface area (Å²) in [5.41, 5.74) is 1.76. The van der Waals surface area contributed by atoms with Crippen LogP contribution in [0.5, 0.6) is 11.5 Å². The molecule has 1 aliphatic heterocycles. The second kappa shape index (κ2) is 11.0. The minimum absolute atomic E-state index is 0.494. The average molecular weight is 463 g/mol. The highest BCUT2D eigenvalue weighted by molar-refractivity contribution is 5.60. The first-order chi connectivity index (χ1) is 16.5. The number of ether oxygens (including phenoxy) is 2. The molecule has 0 radical (unpaired) electrons. The Hall–Kier alpha value is -3.55. The Kier molecular flexibility index (Phi) is 7.67. The SMILES string of the molecule is CCOc1ccc(Nc2nc(Nc3ccc(OCC)cc3)nc(N3C[C@@H](C)C[C@H](C)C3)n2)cc1. The van der Waals surface area contributed by atoms with Crippen LogP contribution in [0, 0.1) is 11.8 Å². The van der Waals surface area contributed by atoms with Crippen LogP contribution in [0.15, 0.2) is 48.5 Å². The Bertz CT molecular complexity index is 978. The van der Waals surface area contributed by atoms with Gasteiger partial charge in [0.05, 0.1) is 13.2 Å². The molecule has 2 aromatic carbocycles. The van der Waals surface area contributed by atoms with Gasteiger partial charge < -0.3 is 25.0 Å². The Balaban J connectivity index is 1.60. The van der Waals surface area contributed by atoms with Gasteiger partial charge in [-0.25, -0.2) is 0 Å². The van der Waals surface area contributed by atoms with Crippen LogP contribution in [-0.2, 0) is 0 Å². The zero-order chi connectivity index (χ0) is 23.9. The quantitative estimate of drug-likeness (QED) is 0.423. The molecule has 1 aromatic heterocycles. The molecule has 8 heteroatoms. The maximum absolute atomic E-state index is 5.54. The molecule has 0 aliphatic carbocycles. The van der Waals surface area contributed by atoms with Crippen LogP contribution >= 0.6 is 0 Å². The predicted molar refractivity (Wildman–Crippen MR) is 137 cm³/mol. The van der Waals surface area contributed by atoms with Crippen molar-refractivity contribution in [2.75, 3.05) is 41.8 Å². The normalized spacial score (nSPS) is 17.8. The predicted octanol–water partition coefficient (Wildman–Crippen LogP) is 5.64. The number of hydrogen-bond donors (Lipinski definition) is 2. The lowest BCUT2D eigenvalue weighted by Crippen LogP contribution is -2.39.